The summed E-state index contributed by atoms with van der Waals surface area (Å²) >= 11 is 0. The molecule has 0 spiro atoms. The molecule has 3 N–H and O–H groups in total. The molecule has 0 aromatic rings. The second-order valence-electron chi connectivity index (χ2n) is 3.46. The van der Waals surface area contributed by atoms with Crippen LogP contribution in [0.15, 0.2) is 0 Å². The van der Waals surface area contributed by atoms with Gasteiger partial charge in [0.2, 0.25) is 5.91 Å². The van der Waals surface area contributed by atoms with E-state index in [1.54, 1.807) is 0 Å². The molecule has 0 aliphatic rings. The molecule has 0 heterocycles. The van der Waals surface area contributed by atoms with E-state index in [0.717, 1.165) is 25.8 Å². The first-order chi connectivity index (χ1) is 6.20. The monoisotopic (exact) mass is 186 g/mol. The number of amides is 1. The van der Waals surface area contributed by atoms with Gasteiger partial charge in [0.05, 0.1) is 0 Å². The maximum atomic E-state index is 10.7. The van der Waals surface area contributed by atoms with Crippen LogP contribution < -0.4 is 11.1 Å². The Morgan fingerprint density at radius 3 is 2.54 bits per heavy atom. The molecule has 3 nitrogen and oxygen atoms in total. The van der Waals surface area contributed by atoms with Crippen LogP contribution in [0.1, 0.15) is 46.0 Å². The van der Waals surface area contributed by atoms with Gasteiger partial charge in [-0.2, -0.15) is 0 Å². The Balaban J connectivity index is 3.66. The lowest BCUT2D eigenvalue weighted by atomic mass is 10.1. The minimum absolute atomic E-state index is 0.204. The number of primary amides is 1. The molecule has 0 radical (unpaired) electrons. The maximum Gasteiger partial charge on any atom is 0.218 e. The summed E-state index contributed by atoms with van der Waals surface area (Å²) in [5.74, 6) is -0.204. The first-order valence-corrected chi connectivity index (χ1v) is 5.22. The molecule has 0 unspecified atom stereocenters. The molecule has 0 rings (SSSR count). The lowest BCUT2D eigenvalue weighted by Gasteiger charge is -2.16. The van der Waals surface area contributed by atoms with Crippen LogP contribution in [-0.4, -0.2) is 18.5 Å². The van der Waals surface area contributed by atoms with Gasteiger partial charge in [-0.15, -0.1) is 0 Å². The number of hydrogen-bond acceptors (Lipinski definition) is 2. The van der Waals surface area contributed by atoms with E-state index in [2.05, 4.69) is 19.2 Å². The third-order valence-electron chi connectivity index (χ3n) is 2.04. The second kappa shape index (κ2) is 8.05. The SMILES string of the molecule is CCCC[C@@H](CC(N)=O)NCCC. The summed E-state index contributed by atoms with van der Waals surface area (Å²) < 4.78 is 0. The number of carbonyl (C=O) groups is 1. The zero-order valence-corrected chi connectivity index (χ0v) is 8.81. The summed E-state index contributed by atoms with van der Waals surface area (Å²) in [7, 11) is 0. The minimum atomic E-state index is -0.204. The summed E-state index contributed by atoms with van der Waals surface area (Å²) in [6.45, 7) is 5.25. The number of rotatable bonds is 8. The van der Waals surface area contributed by atoms with Gasteiger partial charge in [-0.05, 0) is 19.4 Å². The highest BCUT2D eigenvalue weighted by Crippen LogP contribution is 2.03. The van der Waals surface area contributed by atoms with Crippen molar-refractivity contribution in [1.29, 1.82) is 0 Å². The number of nitrogens with two attached hydrogens (primary N) is 1. The third-order valence-corrected chi connectivity index (χ3v) is 2.04. The van der Waals surface area contributed by atoms with E-state index in [1.807, 2.05) is 0 Å². The fraction of sp³-hybridized carbons (Fsp3) is 0.900. The van der Waals surface area contributed by atoms with E-state index in [4.69, 9.17) is 5.73 Å². The fourth-order valence-corrected chi connectivity index (χ4v) is 1.32. The van der Waals surface area contributed by atoms with Gasteiger partial charge >= 0.3 is 0 Å². The average Bonchev–Trinajstić information content (AvgIpc) is 2.09. The largest absolute Gasteiger partial charge is 0.370 e. The maximum absolute atomic E-state index is 10.7. The second-order valence-corrected chi connectivity index (χ2v) is 3.46. The predicted octanol–water partition coefficient (Wildman–Crippen LogP) is 1.42. The first-order valence-electron chi connectivity index (χ1n) is 5.22. The van der Waals surface area contributed by atoms with Gasteiger partial charge in [-0.1, -0.05) is 26.7 Å². The molecular formula is C10H22N2O. The van der Waals surface area contributed by atoms with Crippen LogP contribution in [0.4, 0.5) is 0 Å². The summed E-state index contributed by atoms with van der Waals surface area (Å²) in [4.78, 5) is 10.7. The smallest absolute Gasteiger partial charge is 0.218 e. The number of unbranched alkanes of at least 4 members (excludes halogenated alkanes) is 1. The van der Waals surface area contributed by atoms with E-state index in [9.17, 15) is 4.79 Å². The van der Waals surface area contributed by atoms with Gasteiger partial charge in [0.25, 0.3) is 0 Å². The van der Waals surface area contributed by atoms with E-state index in [0.29, 0.717) is 6.42 Å². The van der Waals surface area contributed by atoms with Gasteiger partial charge in [0.1, 0.15) is 0 Å². The van der Waals surface area contributed by atoms with Gasteiger partial charge in [0, 0.05) is 12.5 Å². The van der Waals surface area contributed by atoms with Crippen molar-refractivity contribution in [3.63, 3.8) is 0 Å². The molecule has 0 aromatic carbocycles. The van der Waals surface area contributed by atoms with Gasteiger partial charge in [0.15, 0.2) is 0 Å². The topological polar surface area (TPSA) is 55.1 Å². The van der Waals surface area contributed by atoms with Crippen LogP contribution in [0.5, 0.6) is 0 Å². The quantitative estimate of drug-likeness (QED) is 0.602. The van der Waals surface area contributed by atoms with Crippen molar-refractivity contribution >= 4 is 5.91 Å². The van der Waals surface area contributed by atoms with Crippen LogP contribution >= 0.6 is 0 Å². The molecule has 0 aliphatic carbocycles. The van der Waals surface area contributed by atoms with Crippen LogP contribution in [0, 0.1) is 0 Å². The Bertz CT molecular complexity index is 129. The van der Waals surface area contributed by atoms with Crippen LogP contribution in [-0.2, 0) is 4.79 Å². The Morgan fingerprint density at radius 1 is 1.38 bits per heavy atom. The molecule has 1 amide bonds. The van der Waals surface area contributed by atoms with Crippen LogP contribution in [0.3, 0.4) is 0 Å². The molecule has 0 saturated carbocycles. The summed E-state index contributed by atoms with van der Waals surface area (Å²) in [6, 6.07) is 0.289. The standard InChI is InChI=1S/C10H22N2O/c1-3-5-6-9(8-10(11)13)12-7-4-2/h9,12H,3-8H2,1-2H3,(H2,11,13)/t9-/m0/s1. The van der Waals surface area contributed by atoms with Crippen molar-refractivity contribution < 1.29 is 4.79 Å². The fourth-order valence-electron chi connectivity index (χ4n) is 1.32. The van der Waals surface area contributed by atoms with E-state index in [1.165, 1.54) is 6.42 Å². The van der Waals surface area contributed by atoms with Crippen LogP contribution in [0.25, 0.3) is 0 Å². The molecule has 0 aliphatic heterocycles. The molecule has 1 atom stereocenters. The van der Waals surface area contributed by atoms with E-state index < -0.39 is 0 Å². The Morgan fingerprint density at radius 2 is 2.08 bits per heavy atom. The molecule has 0 saturated heterocycles. The van der Waals surface area contributed by atoms with Crippen molar-refractivity contribution in [2.45, 2.75) is 52.0 Å². The zero-order chi connectivity index (χ0) is 10.1. The number of carbonyl (C=O) groups excluding carboxylic acids is 1. The van der Waals surface area contributed by atoms with Gasteiger partial charge in [-0.3, -0.25) is 4.79 Å². The Kier molecular flexibility index (Phi) is 7.69. The lowest BCUT2D eigenvalue weighted by Crippen LogP contribution is -2.34. The number of nitrogens with one attached hydrogen (secondary N) is 1. The molecule has 78 valence electrons. The van der Waals surface area contributed by atoms with Crippen molar-refractivity contribution in [1.82, 2.24) is 5.32 Å². The van der Waals surface area contributed by atoms with Gasteiger partial charge < -0.3 is 11.1 Å². The van der Waals surface area contributed by atoms with E-state index >= 15 is 0 Å². The van der Waals surface area contributed by atoms with Crippen molar-refractivity contribution in [2.24, 2.45) is 5.73 Å². The zero-order valence-electron chi connectivity index (χ0n) is 8.81. The van der Waals surface area contributed by atoms with Crippen molar-refractivity contribution in [2.75, 3.05) is 6.54 Å². The third kappa shape index (κ3) is 7.78. The van der Waals surface area contributed by atoms with E-state index in [-0.39, 0.29) is 11.9 Å². The molecular weight excluding hydrogens is 164 g/mol. The molecule has 3 heteroatoms. The minimum Gasteiger partial charge on any atom is -0.370 e. The average molecular weight is 186 g/mol. The molecule has 13 heavy (non-hydrogen) atoms. The highest BCUT2D eigenvalue weighted by Gasteiger charge is 2.09. The highest BCUT2D eigenvalue weighted by molar-refractivity contribution is 5.74. The summed E-state index contributed by atoms with van der Waals surface area (Å²) in [5, 5.41) is 3.33. The summed E-state index contributed by atoms with van der Waals surface area (Å²) in [6.07, 6.45) is 4.96. The first kappa shape index (κ1) is 12.4. The molecule has 0 aromatic heterocycles. The Labute approximate surface area is 81.1 Å². The van der Waals surface area contributed by atoms with Crippen molar-refractivity contribution in [3.05, 3.63) is 0 Å². The molecule has 0 fully saturated rings. The predicted molar refractivity (Wildman–Crippen MR) is 55.4 cm³/mol. The van der Waals surface area contributed by atoms with Crippen LogP contribution in [0.2, 0.25) is 0 Å². The lowest BCUT2D eigenvalue weighted by molar-refractivity contribution is -0.118. The molecule has 0 bridgehead atoms. The van der Waals surface area contributed by atoms with Gasteiger partial charge in [-0.25, -0.2) is 0 Å². The Hall–Kier alpha value is -0.570. The number of hydrogen-bond donors (Lipinski definition) is 2. The highest BCUT2D eigenvalue weighted by atomic mass is 16.1. The normalized spacial score (nSPS) is 12.8. The van der Waals surface area contributed by atoms with Crippen molar-refractivity contribution in [3.8, 4) is 0 Å². The summed E-state index contributed by atoms with van der Waals surface area (Å²) in [5.41, 5.74) is 5.16.